The fraction of sp³-hybridized carbons (Fsp3) is 0.350. The Labute approximate surface area is 158 Å². The highest BCUT2D eigenvalue weighted by Crippen LogP contribution is 2.18. The fourth-order valence-electron chi connectivity index (χ4n) is 3.09. The standard InChI is InChI=1S/C20H23FN4O2/c1-2-22-19(26)14-24-8-10-25(11-9-24)20(27)16-6-7-18(23-13-16)15-4-3-5-17(21)12-15/h3-7,12-13H,2,8-11,14H2,1H3,(H,22,26). The average Bonchev–Trinajstić information content (AvgIpc) is 2.68. The fourth-order valence-corrected chi connectivity index (χ4v) is 3.09. The number of nitrogens with one attached hydrogen (secondary N) is 1. The van der Waals surface area contributed by atoms with Gasteiger partial charge in [-0.05, 0) is 31.2 Å². The largest absolute Gasteiger partial charge is 0.355 e. The van der Waals surface area contributed by atoms with Crippen LogP contribution >= 0.6 is 0 Å². The number of aromatic nitrogens is 1. The van der Waals surface area contributed by atoms with Crippen LogP contribution in [0.1, 0.15) is 17.3 Å². The monoisotopic (exact) mass is 370 g/mol. The maximum Gasteiger partial charge on any atom is 0.255 e. The molecule has 0 radical (unpaired) electrons. The van der Waals surface area contributed by atoms with Crippen molar-refractivity contribution in [3.63, 3.8) is 0 Å². The van der Waals surface area contributed by atoms with Gasteiger partial charge < -0.3 is 10.2 Å². The van der Waals surface area contributed by atoms with Crippen molar-refractivity contribution in [3.8, 4) is 11.3 Å². The molecule has 1 aromatic carbocycles. The van der Waals surface area contributed by atoms with Gasteiger partial charge in [-0.15, -0.1) is 0 Å². The van der Waals surface area contributed by atoms with Crippen LogP contribution in [-0.4, -0.2) is 65.9 Å². The number of amides is 2. The van der Waals surface area contributed by atoms with Crippen molar-refractivity contribution in [2.24, 2.45) is 0 Å². The second-order valence-electron chi connectivity index (χ2n) is 6.46. The summed E-state index contributed by atoms with van der Waals surface area (Å²) in [4.78, 5) is 32.4. The molecule has 2 heterocycles. The van der Waals surface area contributed by atoms with Crippen molar-refractivity contribution >= 4 is 11.8 Å². The normalized spacial score (nSPS) is 14.8. The van der Waals surface area contributed by atoms with E-state index in [1.165, 1.54) is 18.3 Å². The molecule has 0 saturated carbocycles. The molecule has 1 fully saturated rings. The molecule has 0 spiro atoms. The number of hydrogen-bond donors (Lipinski definition) is 1. The van der Waals surface area contributed by atoms with Crippen LogP contribution in [0.3, 0.4) is 0 Å². The third-order valence-corrected chi connectivity index (χ3v) is 4.53. The van der Waals surface area contributed by atoms with Crippen LogP contribution in [0.2, 0.25) is 0 Å². The van der Waals surface area contributed by atoms with Crippen molar-refractivity contribution in [1.29, 1.82) is 0 Å². The predicted octanol–water partition coefficient (Wildman–Crippen LogP) is 1.78. The number of halogens is 1. The summed E-state index contributed by atoms with van der Waals surface area (Å²) in [5, 5.41) is 2.78. The summed E-state index contributed by atoms with van der Waals surface area (Å²) in [6.45, 7) is 5.35. The number of nitrogens with zero attached hydrogens (tertiary/aromatic N) is 3. The van der Waals surface area contributed by atoms with Crippen molar-refractivity contribution in [2.45, 2.75) is 6.92 Å². The molecular formula is C20H23FN4O2. The topological polar surface area (TPSA) is 65.5 Å². The Bertz CT molecular complexity index is 802. The molecule has 7 heteroatoms. The predicted molar refractivity (Wildman–Crippen MR) is 101 cm³/mol. The highest BCUT2D eigenvalue weighted by molar-refractivity contribution is 5.94. The molecule has 142 valence electrons. The van der Waals surface area contributed by atoms with Crippen molar-refractivity contribution in [2.75, 3.05) is 39.3 Å². The maximum absolute atomic E-state index is 13.3. The number of pyridine rings is 1. The Morgan fingerprint density at radius 3 is 2.56 bits per heavy atom. The second-order valence-corrected chi connectivity index (χ2v) is 6.46. The van der Waals surface area contributed by atoms with Gasteiger partial charge in [0.25, 0.3) is 5.91 Å². The van der Waals surface area contributed by atoms with E-state index in [1.54, 1.807) is 29.2 Å². The summed E-state index contributed by atoms with van der Waals surface area (Å²) in [6, 6.07) is 9.65. The van der Waals surface area contributed by atoms with Gasteiger partial charge in [-0.1, -0.05) is 12.1 Å². The summed E-state index contributed by atoms with van der Waals surface area (Å²) < 4.78 is 13.3. The van der Waals surface area contributed by atoms with Crippen molar-refractivity contribution < 1.29 is 14.0 Å². The Hall–Kier alpha value is -2.80. The molecular weight excluding hydrogens is 347 g/mol. The molecule has 27 heavy (non-hydrogen) atoms. The maximum atomic E-state index is 13.3. The SMILES string of the molecule is CCNC(=O)CN1CCN(C(=O)c2ccc(-c3cccc(F)c3)nc2)CC1. The van der Waals surface area contributed by atoms with E-state index in [0.717, 1.165) is 0 Å². The van der Waals surface area contributed by atoms with E-state index in [9.17, 15) is 14.0 Å². The van der Waals surface area contributed by atoms with Gasteiger partial charge in [0.15, 0.2) is 0 Å². The summed E-state index contributed by atoms with van der Waals surface area (Å²) in [7, 11) is 0. The lowest BCUT2D eigenvalue weighted by Crippen LogP contribution is -2.51. The summed E-state index contributed by atoms with van der Waals surface area (Å²) in [5.74, 6) is -0.389. The Morgan fingerprint density at radius 2 is 1.93 bits per heavy atom. The Balaban J connectivity index is 1.58. The van der Waals surface area contributed by atoms with Gasteiger partial charge in [-0.3, -0.25) is 19.5 Å². The molecule has 0 unspecified atom stereocenters. The Kier molecular flexibility index (Phi) is 6.13. The van der Waals surface area contributed by atoms with Gasteiger partial charge in [0.1, 0.15) is 5.82 Å². The minimum atomic E-state index is -0.319. The lowest BCUT2D eigenvalue weighted by atomic mass is 10.1. The third kappa shape index (κ3) is 4.89. The van der Waals surface area contributed by atoms with Crippen LogP contribution in [-0.2, 0) is 4.79 Å². The van der Waals surface area contributed by atoms with Gasteiger partial charge >= 0.3 is 0 Å². The zero-order valence-electron chi connectivity index (χ0n) is 15.3. The van der Waals surface area contributed by atoms with E-state index in [-0.39, 0.29) is 17.6 Å². The van der Waals surface area contributed by atoms with Crippen LogP contribution in [0.4, 0.5) is 4.39 Å². The smallest absolute Gasteiger partial charge is 0.255 e. The Morgan fingerprint density at radius 1 is 1.15 bits per heavy atom. The molecule has 3 rings (SSSR count). The number of benzene rings is 1. The van der Waals surface area contributed by atoms with E-state index < -0.39 is 0 Å². The molecule has 1 saturated heterocycles. The molecule has 0 bridgehead atoms. The van der Waals surface area contributed by atoms with Gasteiger partial charge in [0.05, 0.1) is 17.8 Å². The highest BCUT2D eigenvalue weighted by Gasteiger charge is 2.23. The van der Waals surface area contributed by atoms with Gasteiger partial charge in [0, 0.05) is 44.5 Å². The summed E-state index contributed by atoms with van der Waals surface area (Å²) >= 11 is 0. The molecule has 1 aromatic heterocycles. The van der Waals surface area contributed by atoms with Crippen LogP contribution in [0.25, 0.3) is 11.3 Å². The zero-order chi connectivity index (χ0) is 19.2. The van der Waals surface area contributed by atoms with Gasteiger partial charge in [-0.2, -0.15) is 0 Å². The van der Waals surface area contributed by atoms with E-state index in [4.69, 9.17) is 0 Å². The molecule has 1 aliphatic heterocycles. The third-order valence-electron chi connectivity index (χ3n) is 4.53. The number of piperazine rings is 1. The minimum Gasteiger partial charge on any atom is -0.355 e. The first-order valence-electron chi connectivity index (χ1n) is 9.07. The van der Waals surface area contributed by atoms with Gasteiger partial charge in [-0.25, -0.2) is 4.39 Å². The van der Waals surface area contributed by atoms with E-state index >= 15 is 0 Å². The molecule has 1 N–H and O–H groups in total. The van der Waals surface area contributed by atoms with Crippen LogP contribution in [0, 0.1) is 5.82 Å². The first-order chi connectivity index (χ1) is 13.1. The molecule has 6 nitrogen and oxygen atoms in total. The lowest BCUT2D eigenvalue weighted by molar-refractivity contribution is -0.122. The van der Waals surface area contributed by atoms with Crippen LogP contribution in [0.5, 0.6) is 0 Å². The van der Waals surface area contributed by atoms with Crippen LogP contribution in [0.15, 0.2) is 42.6 Å². The second kappa shape index (κ2) is 8.73. The summed E-state index contributed by atoms with van der Waals surface area (Å²) in [6.07, 6.45) is 1.53. The lowest BCUT2D eigenvalue weighted by Gasteiger charge is -2.34. The number of carbonyl (C=O) groups is 2. The van der Waals surface area contributed by atoms with E-state index in [0.29, 0.717) is 56.1 Å². The molecule has 1 aliphatic rings. The quantitative estimate of drug-likeness (QED) is 0.871. The van der Waals surface area contributed by atoms with E-state index in [1.807, 2.05) is 11.8 Å². The number of rotatable bonds is 5. The number of carbonyl (C=O) groups excluding carboxylic acids is 2. The first kappa shape index (κ1) is 19.0. The molecule has 2 aromatic rings. The molecule has 0 aliphatic carbocycles. The number of likely N-dealkylation sites (N-methyl/N-ethyl adjacent to an activating group) is 1. The molecule has 0 atom stereocenters. The zero-order valence-corrected chi connectivity index (χ0v) is 15.3. The minimum absolute atomic E-state index is 0.00872. The number of hydrogen-bond acceptors (Lipinski definition) is 4. The first-order valence-corrected chi connectivity index (χ1v) is 9.07. The average molecular weight is 370 g/mol. The summed E-state index contributed by atoms with van der Waals surface area (Å²) in [5.41, 5.74) is 1.80. The van der Waals surface area contributed by atoms with Crippen molar-refractivity contribution in [3.05, 3.63) is 54.0 Å². The van der Waals surface area contributed by atoms with E-state index in [2.05, 4.69) is 10.3 Å². The molecule has 2 amide bonds. The van der Waals surface area contributed by atoms with Crippen molar-refractivity contribution in [1.82, 2.24) is 20.1 Å². The van der Waals surface area contributed by atoms with Crippen LogP contribution < -0.4 is 5.32 Å². The highest BCUT2D eigenvalue weighted by atomic mass is 19.1. The van der Waals surface area contributed by atoms with Gasteiger partial charge in [0.2, 0.25) is 5.91 Å².